The van der Waals surface area contributed by atoms with Gasteiger partial charge in [-0.15, -0.1) is 0 Å². The molecule has 0 fully saturated rings. The molecule has 0 spiro atoms. The molecule has 3 rings (SSSR count). The van der Waals surface area contributed by atoms with E-state index in [0.717, 1.165) is 28.8 Å². The summed E-state index contributed by atoms with van der Waals surface area (Å²) in [6.45, 7) is 2.02. The fourth-order valence-corrected chi connectivity index (χ4v) is 2.82. The Kier molecular flexibility index (Phi) is 3.04. The molecule has 0 aliphatic heterocycles. The molecule has 1 aliphatic carbocycles. The summed E-state index contributed by atoms with van der Waals surface area (Å²) in [6.07, 6.45) is 4.07. The van der Waals surface area contributed by atoms with Crippen molar-refractivity contribution in [1.82, 2.24) is 9.97 Å². The maximum absolute atomic E-state index is 4.49. The maximum Gasteiger partial charge on any atom is 0.106 e. The molecule has 1 unspecified atom stereocenters. The fourth-order valence-electron chi connectivity index (χ4n) is 2.42. The second kappa shape index (κ2) is 4.69. The zero-order chi connectivity index (χ0) is 12.5. The van der Waals surface area contributed by atoms with Crippen LogP contribution in [0.4, 0.5) is 5.69 Å². The summed E-state index contributed by atoms with van der Waals surface area (Å²) in [4.78, 5) is 8.90. The monoisotopic (exact) mass is 303 g/mol. The van der Waals surface area contributed by atoms with Crippen LogP contribution in [-0.2, 0) is 6.42 Å². The van der Waals surface area contributed by atoms with Gasteiger partial charge in [0.15, 0.2) is 0 Å². The normalized spacial score (nSPS) is 17.6. The molecule has 1 aliphatic rings. The van der Waals surface area contributed by atoms with Crippen molar-refractivity contribution in [3.05, 3.63) is 52.0 Å². The van der Waals surface area contributed by atoms with E-state index in [2.05, 4.69) is 43.3 Å². The maximum atomic E-state index is 4.49. The minimum Gasteiger partial charge on any atom is -0.375 e. The second-order valence-electron chi connectivity index (χ2n) is 4.55. The number of fused-ring (bicyclic) bond motifs is 1. The van der Waals surface area contributed by atoms with Crippen LogP contribution in [-0.4, -0.2) is 9.97 Å². The number of anilines is 1. The quantitative estimate of drug-likeness (QED) is 0.861. The van der Waals surface area contributed by atoms with Crippen LogP contribution in [0.1, 0.15) is 29.4 Å². The summed E-state index contributed by atoms with van der Waals surface area (Å²) in [5.41, 5.74) is 4.63. The summed E-state index contributed by atoms with van der Waals surface area (Å²) < 4.78 is 0.871. The van der Waals surface area contributed by atoms with E-state index in [4.69, 9.17) is 0 Å². The van der Waals surface area contributed by atoms with Gasteiger partial charge in [0.1, 0.15) is 4.60 Å². The molecule has 0 bridgehead atoms. The van der Waals surface area contributed by atoms with Gasteiger partial charge in [-0.05, 0) is 59.5 Å². The number of nitrogens with zero attached hydrogens (tertiary/aromatic N) is 2. The van der Waals surface area contributed by atoms with E-state index in [1.807, 2.05) is 25.3 Å². The zero-order valence-electron chi connectivity index (χ0n) is 10.2. The lowest BCUT2D eigenvalue weighted by atomic mass is 10.2. The van der Waals surface area contributed by atoms with Crippen LogP contribution in [0, 0.1) is 6.92 Å². The van der Waals surface area contributed by atoms with Crippen molar-refractivity contribution in [1.29, 1.82) is 0 Å². The van der Waals surface area contributed by atoms with Gasteiger partial charge in [-0.2, -0.15) is 0 Å². The molecule has 0 saturated carbocycles. The van der Waals surface area contributed by atoms with E-state index >= 15 is 0 Å². The number of hydrogen-bond donors (Lipinski definition) is 1. The summed E-state index contributed by atoms with van der Waals surface area (Å²) in [7, 11) is 0. The molecule has 3 nitrogen and oxygen atoms in total. The van der Waals surface area contributed by atoms with Crippen LogP contribution in [0.15, 0.2) is 35.1 Å². The number of rotatable bonds is 2. The van der Waals surface area contributed by atoms with Crippen molar-refractivity contribution in [2.24, 2.45) is 0 Å². The predicted octanol–water partition coefficient (Wildman–Crippen LogP) is 3.65. The van der Waals surface area contributed by atoms with Gasteiger partial charge in [-0.3, -0.25) is 4.98 Å². The third-order valence-electron chi connectivity index (χ3n) is 3.34. The highest BCUT2D eigenvalue weighted by Gasteiger charge is 2.23. The second-order valence-corrected chi connectivity index (χ2v) is 5.36. The Labute approximate surface area is 115 Å². The Morgan fingerprint density at radius 1 is 1.33 bits per heavy atom. The first-order valence-corrected chi connectivity index (χ1v) is 6.87. The molecule has 0 saturated heterocycles. The molecule has 2 aromatic rings. The third-order valence-corrected chi connectivity index (χ3v) is 3.78. The fraction of sp³-hybridized carbons (Fsp3) is 0.286. The lowest BCUT2D eigenvalue weighted by Gasteiger charge is -2.16. The summed E-state index contributed by atoms with van der Waals surface area (Å²) >= 11 is 3.38. The molecule has 0 amide bonds. The van der Waals surface area contributed by atoms with E-state index in [1.54, 1.807) is 0 Å². The van der Waals surface area contributed by atoms with Crippen LogP contribution in [0.25, 0.3) is 0 Å². The minimum atomic E-state index is 0.308. The van der Waals surface area contributed by atoms with Gasteiger partial charge in [-0.25, -0.2) is 4.98 Å². The van der Waals surface area contributed by atoms with Crippen LogP contribution >= 0.6 is 15.9 Å². The van der Waals surface area contributed by atoms with Gasteiger partial charge in [0, 0.05) is 6.20 Å². The van der Waals surface area contributed by atoms with Crippen LogP contribution in [0.3, 0.4) is 0 Å². The van der Waals surface area contributed by atoms with Crippen LogP contribution in [0.5, 0.6) is 0 Å². The van der Waals surface area contributed by atoms with E-state index in [-0.39, 0.29) is 0 Å². The minimum absolute atomic E-state index is 0.308. The van der Waals surface area contributed by atoms with Crippen LogP contribution in [0.2, 0.25) is 0 Å². The highest BCUT2D eigenvalue weighted by Crippen LogP contribution is 2.32. The zero-order valence-corrected chi connectivity index (χ0v) is 11.7. The number of hydrogen-bond acceptors (Lipinski definition) is 3. The van der Waals surface area contributed by atoms with Gasteiger partial charge >= 0.3 is 0 Å². The first-order valence-electron chi connectivity index (χ1n) is 6.07. The molecule has 2 aromatic heterocycles. The Morgan fingerprint density at radius 3 is 3.06 bits per heavy atom. The summed E-state index contributed by atoms with van der Waals surface area (Å²) in [5.74, 6) is 0. The molecule has 0 radical (unpaired) electrons. The van der Waals surface area contributed by atoms with Crippen molar-refractivity contribution in [2.75, 3.05) is 5.32 Å². The molecular weight excluding hydrogens is 290 g/mol. The van der Waals surface area contributed by atoms with Gasteiger partial charge in [0.2, 0.25) is 0 Å². The molecule has 2 heterocycles. The molecule has 92 valence electrons. The first kappa shape index (κ1) is 11.7. The topological polar surface area (TPSA) is 37.8 Å². The molecule has 18 heavy (non-hydrogen) atoms. The molecule has 4 heteroatoms. The Hall–Kier alpha value is -1.42. The van der Waals surface area contributed by atoms with E-state index < -0.39 is 0 Å². The highest BCUT2D eigenvalue weighted by molar-refractivity contribution is 9.10. The number of halogens is 1. The number of pyridine rings is 2. The molecular formula is C14H14BrN3. The number of aromatic nitrogens is 2. The van der Waals surface area contributed by atoms with Crippen LogP contribution < -0.4 is 5.32 Å². The van der Waals surface area contributed by atoms with Gasteiger partial charge in [-0.1, -0.05) is 6.07 Å². The molecule has 1 atom stereocenters. The van der Waals surface area contributed by atoms with Crippen molar-refractivity contribution in [3.63, 3.8) is 0 Å². The number of nitrogens with one attached hydrogen (secondary N) is 1. The first-order chi connectivity index (χ1) is 8.74. The summed E-state index contributed by atoms with van der Waals surface area (Å²) in [5, 5.41) is 3.55. The lowest BCUT2D eigenvalue weighted by Crippen LogP contribution is -2.10. The van der Waals surface area contributed by atoms with E-state index in [9.17, 15) is 0 Å². The smallest absolute Gasteiger partial charge is 0.106 e. The largest absolute Gasteiger partial charge is 0.375 e. The molecule has 1 N–H and O–H groups in total. The Morgan fingerprint density at radius 2 is 2.22 bits per heavy atom. The van der Waals surface area contributed by atoms with E-state index in [0.29, 0.717) is 6.04 Å². The predicted molar refractivity (Wildman–Crippen MR) is 75.6 cm³/mol. The third kappa shape index (κ3) is 2.12. The average Bonchev–Trinajstić information content (AvgIpc) is 2.76. The number of aryl methyl sites for hydroxylation is 2. The van der Waals surface area contributed by atoms with Crippen molar-refractivity contribution < 1.29 is 0 Å². The van der Waals surface area contributed by atoms with Crippen molar-refractivity contribution in [3.8, 4) is 0 Å². The molecule has 0 aromatic carbocycles. The standard InChI is InChI=1S/C14H14BrN3/c1-9-11(6-7-13(15)17-9)18-12-5-4-10-3-2-8-16-14(10)12/h2-3,6-8,12,18H,4-5H2,1H3. The SMILES string of the molecule is Cc1nc(Br)ccc1NC1CCc2cccnc21. The average molecular weight is 304 g/mol. The van der Waals surface area contributed by atoms with Crippen molar-refractivity contribution in [2.45, 2.75) is 25.8 Å². The lowest BCUT2D eigenvalue weighted by molar-refractivity contribution is 0.744. The summed E-state index contributed by atoms with van der Waals surface area (Å²) in [6, 6.07) is 8.50. The Bertz CT molecular complexity index is 583. The van der Waals surface area contributed by atoms with Gasteiger partial charge in [0.05, 0.1) is 23.1 Å². The van der Waals surface area contributed by atoms with Gasteiger partial charge in [0.25, 0.3) is 0 Å². The Balaban J connectivity index is 1.86. The van der Waals surface area contributed by atoms with Gasteiger partial charge < -0.3 is 5.32 Å². The van der Waals surface area contributed by atoms with E-state index in [1.165, 1.54) is 11.3 Å². The highest BCUT2D eigenvalue weighted by atomic mass is 79.9. The van der Waals surface area contributed by atoms with Crippen molar-refractivity contribution >= 4 is 21.6 Å².